The number of aryl methyl sites for hydroxylation is 1. The highest BCUT2D eigenvalue weighted by atomic mass is 19.1. The summed E-state index contributed by atoms with van der Waals surface area (Å²) in [4.78, 5) is 15.0. The van der Waals surface area contributed by atoms with Gasteiger partial charge in [-0.25, -0.2) is 4.39 Å². The molecule has 0 spiro atoms. The minimum atomic E-state index is -0.298. The van der Waals surface area contributed by atoms with Gasteiger partial charge >= 0.3 is 0 Å². The Hall–Kier alpha value is -2.14. The summed E-state index contributed by atoms with van der Waals surface area (Å²) in [7, 11) is 0. The Balaban J connectivity index is 1.95. The molecule has 0 aliphatic carbocycles. The summed E-state index contributed by atoms with van der Waals surface area (Å²) in [5.41, 5.74) is 3.07. The fraction of sp³-hybridized carbons (Fsp3) is 0.450. The second-order valence-corrected chi connectivity index (χ2v) is 7.03. The number of carbonyl (C=O) groups excluding carboxylic acids is 1. The molecule has 0 bridgehead atoms. The highest BCUT2D eigenvalue weighted by molar-refractivity contribution is 5.96. The van der Waals surface area contributed by atoms with Gasteiger partial charge in [0.15, 0.2) is 0 Å². The molecule has 2 atom stereocenters. The molecule has 1 N–H and O–H groups in total. The van der Waals surface area contributed by atoms with Crippen LogP contribution in [0.1, 0.15) is 41.5 Å². The predicted octanol–water partition coefficient (Wildman–Crippen LogP) is 3.47. The number of rotatable bonds is 3. The lowest BCUT2D eigenvalue weighted by Crippen LogP contribution is -2.46. The van der Waals surface area contributed by atoms with Crippen LogP contribution < -0.4 is 0 Å². The Bertz CT molecular complexity index is 784. The summed E-state index contributed by atoms with van der Waals surface area (Å²) in [5, 5.41) is 9.45. The topological polar surface area (TPSA) is 45.5 Å². The van der Waals surface area contributed by atoms with E-state index < -0.39 is 0 Å². The molecule has 1 fully saturated rings. The van der Waals surface area contributed by atoms with Gasteiger partial charge in [0.25, 0.3) is 5.91 Å². The molecule has 3 rings (SSSR count). The molecule has 1 aliphatic rings. The third-order valence-corrected chi connectivity index (χ3v) is 5.23. The third kappa shape index (κ3) is 3.33. The van der Waals surface area contributed by atoms with Gasteiger partial charge in [-0.2, -0.15) is 0 Å². The van der Waals surface area contributed by atoms with E-state index in [9.17, 15) is 14.3 Å². The number of hydrogen-bond acceptors (Lipinski definition) is 2. The van der Waals surface area contributed by atoms with Crippen LogP contribution in [-0.4, -0.2) is 39.7 Å². The monoisotopic (exact) mass is 344 g/mol. The van der Waals surface area contributed by atoms with Crippen LogP contribution >= 0.6 is 0 Å². The minimum Gasteiger partial charge on any atom is -0.396 e. The maximum Gasteiger partial charge on any atom is 0.255 e. The van der Waals surface area contributed by atoms with Crippen molar-refractivity contribution in [1.82, 2.24) is 9.47 Å². The molecule has 0 saturated carbocycles. The first-order valence-corrected chi connectivity index (χ1v) is 8.79. The van der Waals surface area contributed by atoms with Gasteiger partial charge in [0, 0.05) is 36.3 Å². The fourth-order valence-corrected chi connectivity index (χ4v) is 3.76. The molecule has 1 aliphatic heterocycles. The number of amides is 1. The van der Waals surface area contributed by atoms with E-state index in [-0.39, 0.29) is 30.3 Å². The normalized spacial score (nSPS) is 20.8. The summed E-state index contributed by atoms with van der Waals surface area (Å²) in [6.45, 7) is 6.56. The van der Waals surface area contributed by atoms with Crippen molar-refractivity contribution in [2.24, 2.45) is 5.92 Å². The van der Waals surface area contributed by atoms with Gasteiger partial charge in [0.05, 0.1) is 5.56 Å². The fourth-order valence-electron chi connectivity index (χ4n) is 3.76. The van der Waals surface area contributed by atoms with Crippen molar-refractivity contribution in [2.45, 2.75) is 39.7 Å². The molecule has 4 nitrogen and oxygen atoms in total. The van der Waals surface area contributed by atoms with E-state index in [1.165, 1.54) is 12.1 Å². The van der Waals surface area contributed by atoms with Crippen molar-refractivity contribution in [2.75, 3.05) is 13.2 Å². The summed E-state index contributed by atoms with van der Waals surface area (Å²) < 4.78 is 15.5. The van der Waals surface area contributed by atoms with E-state index in [2.05, 4.69) is 6.92 Å². The van der Waals surface area contributed by atoms with E-state index in [1.54, 1.807) is 6.07 Å². The molecule has 2 heterocycles. The van der Waals surface area contributed by atoms with Crippen LogP contribution in [0.2, 0.25) is 0 Å². The number of aliphatic hydroxyl groups is 1. The lowest BCUT2D eigenvalue weighted by molar-refractivity contribution is 0.0488. The van der Waals surface area contributed by atoms with Crippen LogP contribution in [0.4, 0.5) is 4.39 Å². The summed E-state index contributed by atoms with van der Waals surface area (Å²) in [6, 6.07) is 8.42. The zero-order valence-corrected chi connectivity index (χ0v) is 15.0. The number of nitrogens with zero attached hydrogens (tertiary/aromatic N) is 2. The molecule has 134 valence electrons. The van der Waals surface area contributed by atoms with E-state index in [4.69, 9.17) is 0 Å². The highest BCUT2D eigenvalue weighted by Crippen LogP contribution is 2.27. The van der Waals surface area contributed by atoms with Crippen LogP contribution in [0.15, 0.2) is 30.3 Å². The highest BCUT2D eigenvalue weighted by Gasteiger charge is 2.31. The molecular formula is C20H25FN2O2. The third-order valence-electron chi connectivity index (χ3n) is 5.23. The Morgan fingerprint density at radius 3 is 2.72 bits per heavy atom. The van der Waals surface area contributed by atoms with Gasteiger partial charge in [0.2, 0.25) is 0 Å². The van der Waals surface area contributed by atoms with E-state index in [0.717, 1.165) is 24.2 Å². The Morgan fingerprint density at radius 1 is 1.28 bits per heavy atom. The molecule has 1 amide bonds. The minimum absolute atomic E-state index is 0.0126. The number of carbonyl (C=O) groups is 1. The van der Waals surface area contributed by atoms with Crippen molar-refractivity contribution in [3.8, 4) is 5.69 Å². The summed E-state index contributed by atoms with van der Waals surface area (Å²) >= 11 is 0. The predicted molar refractivity (Wildman–Crippen MR) is 95.5 cm³/mol. The van der Waals surface area contributed by atoms with E-state index >= 15 is 0 Å². The maximum atomic E-state index is 13.6. The molecule has 1 aromatic heterocycles. The summed E-state index contributed by atoms with van der Waals surface area (Å²) in [5.74, 6) is -0.165. The van der Waals surface area contributed by atoms with Crippen LogP contribution in [0.3, 0.4) is 0 Å². The van der Waals surface area contributed by atoms with Crippen LogP contribution in [-0.2, 0) is 0 Å². The average molecular weight is 344 g/mol. The van der Waals surface area contributed by atoms with Crippen molar-refractivity contribution in [3.05, 3.63) is 53.1 Å². The number of halogens is 1. The van der Waals surface area contributed by atoms with E-state index in [0.29, 0.717) is 17.8 Å². The number of aromatic nitrogens is 1. The van der Waals surface area contributed by atoms with Gasteiger partial charge in [0.1, 0.15) is 5.82 Å². The second kappa shape index (κ2) is 7.00. The number of hydrogen-bond donors (Lipinski definition) is 1. The summed E-state index contributed by atoms with van der Waals surface area (Å²) in [6.07, 6.45) is 1.85. The molecule has 0 radical (unpaired) electrons. The van der Waals surface area contributed by atoms with Gasteiger partial charge in [-0.05, 0) is 63.8 Å². The molecule has 1 aromatic carbocycles. The molecular weight excluding hydrogens is 319 g/mol. The van der Waals surface area contributed by atoms with Gasteiger partial charge in [-0.1, -0.05) is 6.07 Å². The molecule has 2 aromatic rings. The number of likely N-dealkylation sites (tertiary alicyclic amines) is 1. The molecule has 1 saturated heterocycles. The smallest absolute Gasteiger partial charge is 0.255 e. The Labute approximate surface area is 147 Å². The van der Waals surface area contributed by atoms with Gasteiger partial charge < -0.3 is 14.6 Å². The zero-order valence-electron chi connectivity index (χ0n) is 15.0. The van der Waals surface area contributed by atoms with E-state index in [1.807, 2.05) is 35.4 Å². The maximum absolute atomic E-state index is 13.6. The first-order valence-electron chi connectivity index (χ1n) is 8.79. The largest absolute Gasteiger partial charge is 0.396 e. The quantitative estimate of drug-likeness (QED) is 0.927. The van der Waals surface area contributed by atoms with Crippen molar-refractivity contribution in [3.63, 3.8) is 0 Å². The first kappa shape index (κ1) is 17.7. The standard InChI is InChI=1S/C20H25FN2O2/c1-13-7-8-16(12-24)11-22(13)20(25)19-9-14(2)23(15(19)3)18-6-4-5-17(21)10-18/h4-6,9-10,13,16,24H,7-8,11-12H2,1-3H3. The van der Waals surface area contributed by atoms with Gasteiger partial charge in [-0.3, -0.25) is 4.79 Å². The first-order chi connectivity index (χ1) is 11.9. The molecule has 25 heavy (non-hydrogen) atoms. The molecule has 5 heteroatoms. The zero-order chi connectivity index (χ0) is 18.1. The van der Waals surface area contributed by atoms with Crippen LogP contribution in [0, 0.1) is 25.6 Å². The van der Waals surface area contributed by atoms with Crippen molar-refractivity contribution >= 4 is 5.91 Å². The van der Waals surface area contributed by atoms with Gasteiger partial charge in [-0.15, -0.1) is 0 Å². The van der Waals surface area contributed by atoms with Crippen molar-refractivity contribution in [1.29, 1.82) is 0 Å². The lowest BCUT2D eigenvalue weighted by Gasteiger charge is -2.37. The molecule has 2 unspecified atom stereocenters. The Kier molecular flexibility index (Phi) is 4.95. The number of aliphatic hydroxyl groups excluding tert-OH is 1. The van der Waals surface area contributed by atoms with Crippen LogP contribution in [0.25, 0.3) is 5.69 Å². The lowest BCUT2D eigenvalue weighted by atomic mass is 9.93. The average Bonchev–Trinajstić information content (AvgIpc) is 2.89. The van der Waals surface area contributed by atoms with Crippen molar-refractivity contribution < 1.29 is 14.3 Å². The number of piperidine rings is 1. The SMILES string of the molecule is Cc1cc(C(=O)N2CC(CO)CCC2C)c(C)n1-c1cccc(F)c1. The second-order valence-electron chi connectivity index (χ2n) is 7.03. The van der Waals surface area contributed by atoms with Crippen LogP contribution in [0.5, 0.6) is 0 Å². The Morgan fingerprint density at radius 2 is 2.04 bits per heavy atom. The number of benzene rings is 1.